The summed E-state index contributed by atoms with van der Waals surface area (Å²) in [5.41, 5.74) is 0. The first-order valence-corrected chi connectivity index (χ1v) is 16.9. The van der Waals surface area contributed by atoms with Gasteiger partial charge in [-0.3, -0.25) is 0 Å². The van der Waals surface area contributed by atoms with Gasteiger partial charge in [-0.15, -0.1) is 0 Å². The summed E-state index contributed by atoms with van der Waals surface area (Å²) in [5, 5.41) is 0. The van der Waals surface area contributed by atoms with Gasteiger partial charge in [0.15, 0.2) is 0 Å². The van der Waals surface area contributed by atoms with Gasteiger partial charge < -0.3 is 0 Å². The lowest BCUT2D eigenvalue weighted by Gasteiger charge is -2.04. The van der Waals surface area contributed by atoms with E-state index in [-0.39, 0.29) is 0 Å². The number of hydrogen-bond acceptors (Lipinski definition) is 1. The normalized spacial score (nSPS) is 11.5. The van der Waals surface area contributed by atoms with E-state index in [4.69, 9.17) is 0 Å². The standard InChI is InChI=1S/C32H65S/c1-3-5-7-9-11-13-14-15-16-17-18-19-20-21-22-23-24-26-28-30-32-33-31-29-27-25-12-10-8-6-4-2/h32H,3-31H2,1-2H3. The molecular formula is C32H65S. The van der Waals surface area contributed by atoms with Crippen molar-refractivity contribution in [1.29, 1.82) is 0 Å². The van der Waals surface area contributed by atoms with Crippen molar-refractivity contribution in [1.82, 2.24) is 0 Å². The lowest BCUT2D eigenvalue weighted by molar-refractivity contribution is 0.523. The van der Waals surface area contributed by atoms with Gasteiger partial charge in [0.05, 0.1) is 0 Å². The van der Waals surface area contributed by atoms with Gasteiger partial charge in [0.25, 0.3) is 0 Å². The van der Waals surface area contributed by atoms with Gasteiger partial charge in [-0.2, -0.15) is 11.8 Å². The van der Waals surface area contributed by atoms with E-state index in [0.29, 0.717) is 0 Å². The van der Waals surface area contributed by atoms with Crippen LogP contribution in [0.3, 0.4) is 0 Å². The van der Waals surface area contributed by atoms with Crippen LogP contribution in [0, 0.1) is 5.75 Å². The van der Waals surface area contributed by atoms with Crippen LogP contribution in [0.25, 0.3) is 0 Å². The summed E-state index contributed by atoms with van der Waals surface area (Å²) in [4.78, 5) is 0. The Morgan fingerprint density at radius 2 is 0.606 bits per heavy atom. The van der Waals surface area contributed by atoms with Crippen LogP contribution in [0.1, 0.15) is 194 Å². The van der Waals surface area contributed by atoms with Gasteiger partial charge >= 0.3 is 0 Å². The van der Waals surface area contributed by atoms with Crippen LogP contribution < -0.4 is 0 Å². The van der Waals surface area contributed by atoms with E-state index in [9.17, 15) is 0 Å². The molecule has 0 bridgehead atoms. The third-order valence-electron chi connectivity index (χ3n) is 7.16. The molecule has 0 fully saturated rings. The number of rotatable bonds is 30. The van der Waals surface area contributed by atoms with Crippen LogP contribution in [-0.4, -0.2) is 5.75 Å². The number of hydrogen-bond donors (Lipinski definition) is 0. The monoisotopic (exact) mass is 481 g/mol. The highest BCUT2D eigenvalue weighted by Crippen LogP contribution is 2.18. The van der Waals surface area contributed by atoms with Gasteiger partial charge in [-0.05, 0) is 18.6 Å². The molecule has 0 atom stereocenters. The second kappa shape index (κ2) is 32.4. The largest absolute Gasteiger partial charge is 0.157 e. The lowest BCUT2D eigenvalue weighted by Crippen LogP contribution is -1.85. The molecule has 0 saturated heterocycles. The summed E-state index contributed by atoms with van der Waals surface area (Å²) in [6.07, 6.45) is 40.8. The molecule has 0 heterocycles. The van der Waals surface area contributed by atoms with Crippen molar-refractivity contribution >= 4 is 11.8 Å². The van der Waals surface area contributed by atoms with E-state index in [1.54, 1.807) is 0 Å². The Labute approximate surface area is 216 Å². The average molecular weight is 482 g/mol. The summed E-state index contributed by atoms with van der Waals surface area (Å²) in [6.45, 7) is 4.61. The molecule has 0 N–H and O–H groups in total. The van der Waals surface area contributed by atoms with Crippen LogP contribution in [-0.2, 0) is 0 Å². The van der Waals surface area contributed by atoms with Gasteiger partial charge in [0.2, 0.25) is 0 Å². The average Bonchev–Trinajstić information content (AvgIpc) is 2.83. The Balaban J connectivity index is 2.99. The van der Waals surface area contributed by atoms with Crippen molar-refractivity contribution in [2.45, 2.75) is 194 Å². The van der Waals surface area contributed by atoms with Crippen molar-refractivity contribution in [3.63, 3.8) is 0 Å². The maximum absolute atomic E-state index is 2.49. The predicted molar refractivity (Wildman–Crippen MR) is 157 cm³/mol. The first kappa shape index (κ1) is 33.4. The third kappa shape index (κ3) is 32.4. The zero-order valence-corrected chi connectivity index (χ0v) is 24.3. The van der Waals surface area contributed by atoms with E-state index in [1.165, 1.54) is 186 Å². The molecule has 0 aromatic carbocycles. The Morgan fingerprint density at radius 3 is 0.939 bits per heavy atom. The second-order valence-corrected chi connectivity index (χ2v) is 11.7. The maximum atomic E-state index is 2.49. The van der Waals surface area contributed by atoms with Crippen molar-refractivity contribution in [2.24, 2.45) is 0 Å². The molecule has 0 amide bonds. The van der Waals surface area contributed by atoms with Crippen molar-refractivity contribution in [3.05, 3.63) is 5.75 Å². The minimum absolute atomic E-state index is 1.33. The molecule has 0 aliphatic carbocycles. The van der Waals surface area contributed by atoms with Crippen LogP contribution in [0.15, 0.2) is 0 Å². The SMILES string of the molecule is CCCCCCCCCCCCCCCCCCCCC[CH]SCCCCCCCCCC. The summed E-state index contributed by atoms with van der Waals surface area (Å²) >= 11 is 2.09. The smallest absolute Gasteiger partial charge is 0.0166 e. The molecule has 0 aliphatic rings. The summed E-state index contributed by atoms with van der Waals surface area (Å²) in [7, 11) is 0. The fraction of sp³-hybridized carbons (Fsp3) is 0.969. The Kier molecular flexibility index (Phi) is 32.7. The van der Waals surface area contributed by atoms with Gasteiger partial charge in [-0.1, -0.05) is 181 Å². The quantitative estimate of drug-likeness (QED) is 0.0919. The van der Waals surface area contributed by atoms with E-state index < -0.39 is 0 Å². The summed E-state index contributed by atoms with van der Waals surface area (Å²) in [5.74, 6) is 3.85. The van der Waals surface area contributed by atoms with E-state index >= 15 is 0 Å². The van der Waals surface area contributed by atoms with Gasteiger partial charge in [-0.25, -0.2) is 0 Å². The van der Waals surface area contributed by atoms with Crippen LogP contribution in [0.5, 0.6) is 0 Å². The van der Waals surface area contributed by atoms with E-state index in [0.717, 1.165) is 0 Å². The molecule has 33 heavy (non-hydrogen) atoms. The van der Waals surface area contributed by atoms with Gasteiger partial charge in [0.1, 0.15) is 0 Å². The Bertz CT molecular complexity index is 284. The Morgan fingerprint density at radius 1 is 0.333 bits per heavy atom. The minimum atomic E-state index is 1.33. The molecule has 0 rings (SSSR count). The minimum Gasteiger partial charge on any atom is -0.157 e. The molecular weight excluding hydrogens is 416 g/mol. The van der Waals surface area contributed by atoms with Crippen molar-refractivity contribution in [2.75, 3.05) is 5.75 Å². The highest BCUT2D eigenvalue weighted by molar-refractivity contribution is 8.01. The van der Waals surface area contributed by atoms with E-state index in [2.05, 4.69) is 31.4 Å². The maximum Gasteiger partial charge on any atom is 0.0166 e. The molecule has 0 aromatic heterocycles. The molecule has 199 valence electrons. The number of thioether (sulfide) groups is 1. The molecule has 0 aromatic rings. The molecule has 0 nitrogen and oxygen atoms in total. The topological polar surface area (TPSA) is 0 Å². The molecule has 1 radical (unpaired) electrons. The van der Waals surface area contributed by atoms with Crippen LogP contribution in [0.4, 0.5) is 0 Å². The molecule has 0 aliphatic heterocycles. The summed E-state index contributed by atoms with van der Waals surface area (Å²) < 4.78 is 0. The van der Waals surface area contributed by atoms with Crippen LogP contribution >= 0.6 is 11.8 Å². The van der Waals surface area contributed by atoms with Gasteiger partial charge in [0, 0.05) is 5.75 Å². The highest BCUT2D eigenvalue weighted by atomic mass is 32.2. The first-order chi connectivity index (χ1) is 16.4. The van der Waals surface area contributed by atoms with Crippen molar-refractivity contribution < 1.29 is 0 Å². The van der Waals surface area contributed by atoms with Crippen molar-refractivity contribution in [3.8, 4) is 0 Å². The first-order valence-electron chi connectivity index (χ1n) is 15.8. The summed E-state index contributed by atoms with van der Waals surface area (Å²) in [6, 6.07) is 0. The second-order valence-electron chi connectivity index (χ2n) is 10.7. The third-order valence-corrected chi connectivity index (χ3v) is 8.15. The lowest BCUT2D eigenvalue weighted by atomic mass is 10.0. The molecule has 0 unspecified atom stereocenters. The van der Waals surface area contributed by atoms with E-state index in [1.807, 2.05) is 0 Å². The zero-order valence-electron chi connectivity index (χ0n) is 23.5. The fourth-order valence-corrected chi connectivity index (χ4v) is 5.66. The Hall–Kier alpha value is 0.350. The zero-order chi connectivity index (χ0) is 23.9. The van der Waals surface area contributed by atoms with Crippen LogP contribution in [0.2, 0.25) is 0 Å². The fourth-order valence-electron chi connectivity index (χ4n) is 4.79. The molecule has 1 heteroatoms. The predicted octanol–water partition coefficient (Wildman–Crippen LogP) is 12.8. The molecule has 0 saturated carbocycles. The highest BCUT2D eigenvalue weighted by Gasteiger charge is 1.97. The number of unbranched alkanes of at least 4 members (excludes halogenated alkanes) is 26. The molecule has 0 spiro atoms.